The van der Waals surface area contributed by atoms with Crippen LogP contribution in [0.25, 0.3) is 11.3 Å². The van der Waals surface area contributed by atoms with E-state index >= 15 is 0 Å². The highest BCUT2D eigenvalue weighted by atomic mass is 16.1. The molecule has 0 unspecified atom stereocenters. The lowest BCUT2D eigenvalue weighted by Crippen LogP contribution is -2.15. The van der Waals surface area contributed by atoms with Gasteiger partial charge in [0.05, 0.1) is 5.69 Å². The Morgan fingerprint density at radius 3 is 2.45 bits per heavy atom. The molecule has 1 heterocycles. The van der Waals surface area contributed by atoms with Gasteiger partial charge in [0.2, 0.25) is 5.82 Å². The first-order valence-electron chi connectivity index (χ1n) is 6.53. The summed E-state index contributed by atoms with van der Waals surface area (Å²) in [6.07, 6.45) is 1.56. The molecule has 0 aliphatic carbocycles. The summed E-state index contributed by atoms with van der Waals surface area (Å²) >= 11 is 0. The van der Waals surface area contributed by atoms with Crippen molar-refractivity contribution in [3.8, 4) is 11.3 Å². The summed E-state index contributed by atoms with van der Waals surface area (Å²) in [5.41, 5.74) is 9.41. The average molecular weight is 269 g/mol. The Morgan fingerprint density at radius 1 is 1.20 bits per heavy atom. The van der Waals surface area contributed by atoms with Gasteiger partial charge in [0.1, 0.15) is 0 Å². The fourth-order valence-corrected chi connectivity index (χ4v) is 2.04. The number of carbonyl (C=O) groups is 1. The average Bonchev–Trinajstić information content (AvgIpc) is 2.37. The van der Waals surface area contributed by atoms with Gasteiger partial charge in [-0.05, 0) is 29.5 Å². The van der Waals surface area contributed by atoms with Crippen LogP contribution in [0.1, 0.15) is 42.5 Å². The van der Waals surface area contributed by atoms with Gasteiger partial charge in [0, 0.05) is 11.8 Å². The summed E-state index contributed by atoms with van der Waals surface area (Å²) in [6, 6.07) is 8.06. The zero-order chi connectivity index (χ0) is 14.9. The number of amides is 1. The Bertz CT molecular complexity index is 657. The minimum atomic E-state index is -0.615. The van der Waals surface area contributed by atoms with E-state index in [1.807, 2.05) is 13.0 Å². The Labute approximate surface area is 119 Å². The van der Waals surface area contributed by atoms with E-state index in [2.05, 4.69) is 42.9 Å². The predicted molar refractivity (Wildman–Crippen MR) is 79.4 cm³/mol. The molecule has 2 rings (SSSR count). The molecule has 20 heavy (non-hydrogen) atoms. The summed E-state index contributed by atoms with van der Waals surface area (Å²) in [4.78, 5) is 19.2. The van der Waals surface area contributed by atoms with Gasteiger partial charge in [-0.3, -0.25) is 4.79 Å². The van der Waals surface area contributed by atoms with Crippen molar-refractivity contribution in [2.75, 3.05) is 0 Å². The van der Waals surface area contributed by atoms with E-state index in [9.17, 15) is 4.79 Å². The standard InChI is InChI=1S/C16H19N3O/c1-10-9-11(16(2,3)4)5-6-12(10)13-7-8-18-15(19-13)14(17)20/h5-9H,1-4H3,(H2,17,20). The molecular weight excluding hydrogens is 250 g/mol. The van der Waals surface area contributed by atoms with Crippen LogP contribution in [-0.2, 0) is 5.41 Å². The Kier molecular flexibility index (Phi) is 3.57. The minimum Gasteiger partial charge on any atom is -0.363 e. The number of nitrogens with two attached hydrogens (primary N) is 1. The zero-order valence-electron chi connectivity index (χ0n) is 12.3. The maximum Gasteiger partial charge on any atom is 0.286 e. The Morgan fingerprint density at radius 2 is 1.90 bits per heavy atom. The maximum atomic E-state index is 11.2. The first-order chi connectivity index (χ1) is 9.29. The maximum absolute atomic E-state index is 11.2. The van der Waals surface area contributed by atoms with Crippen LogP contribution in [0.2, 0.25) is 0 Å². The molecule has 0 bridgehead atoms. The minimum absolute atomic E-state index is 0.0433. The third-order valence-corrected chi connectivity index (χ3v) is 3.24. The van der Waals surface area contributed by atoms with Crippen LogP contribution >= 0.6 is 0 Å². The molecule has 2 N–H and O–H groups in total. The summed E-state index contributed by atoms with van der Waals surface area (Å²) < 4.78 is 0. The molecule has 0 aliphatic heterocycles. The van der Waals surface area contributed by atoms with Crippen molar-refractivity contribution in [1.29, 1.82) is 0 Å². The molecule has 0 atom stereocenters. The van der Waals surface area contributed by atoms with E-state index in [1.54, 1.807) is 12.3 Å². The van der Waals surface area contributed by atoms with E-state index in [1.165, 1.54) is 5.56 Å². The molecule has 2 aromatic rings. The van der Waals surface area contributed by atoms with Gasteiger partial charge < -0.3 is 5.73 Å². The van der Waals surface area contributed by atoms with E-state index in [0.29, 0.717) is 5.69 Å². The smallest absolute Gasteiger partial charge is 0.286 e. The molecule has 0 aliphatic rings. The van der Waals surface area contributed by atoms with Gasteiger partial charge in [-0.1, -0.05) is 39.0 Å². The van der Waals surface area contributed by atoms with Gasteiger partial charge in [0.25, 0.3) is 5.91 Å². The molecule has 4 heteroatoms. The molecule has 0 saturated heterocycles. The number of carbonyl (C=O) groups excluding carboxylic acids is 1. The van der Waals surface area contributed by atoms with Crippen LogP contribution in [-0.4, -0.2) is 15.9 Å². The van der Waals surface area contributed by atoms with Crippen LogP contribution in [0.5, 0.6) is 0 Å². The number of hydrogen-bond acceptors (Lipinski definition) is 3. The third kappa shape index (κ3) is 2.85. The molecule has 1 amide bonds. The molecule has 104 valence electrons. The van der Waals surface area contributed by atoms with E-state index in [4.69, 9.17) is 5.73 Å². The SMILES string of the molecule is Cc1cc(C(C)(C)C)ccc1-c1ccnc(C(N)=O)n1. The summed E-state index contributed by atoms with van der Waals surface area (Å²) in [7, 11) is 0. The van der Waals surface area contributed by atoms with Crippen molar-refractivity contribution in [2.24, 2.45) is 5.73 Å². The number of hydrogen-bond donors (Lipinski definition) is 1. The lowest BCUT2D eigenvalue weighted by Gasteiger charge is -2.20. The monoisotopic (exact) mass is 269 g/mol. The third-order valence-electron chi connectivity index (χ3n) is 3.24. The van der Waals surface area contributed by atoms with Crippen LogP contribution in [0.3, 0.4) is 0 Å². The van der Waals surface area contributed by atoms with Crippen LogP contribution in [0.15, 0.2) is 30.5 Å². The molecule has 0 fully saturated rings. The lowest BCUT2D eigenvalue weighted by molar-refractivity contribution is 0.0990. The first kappa shape index (κ1) is 14.2. The van der Waals surface area contributed by atoms with Crippen molar-refractivity contribution >= 4 is 5.91 Å². The van der Waals surface area contributed by atoms with Crippen molar-refractivity contribution in [3.05, 3.63) is 47.4 Å². The van der Waals surface area contributed by atoms with Crippen molar-refractivity contribution in [2.45, 2.75) is 33.1 Å². The molecule has 0 radical (unpaired) electrons. The second-order valence-corrected chi connectivity index (χ2v) is 5.91. The number of nitrogens with zero attached hydrogens (tertiary/aromatic N) is 2. The van der Waals surface area contributed by atoms with E-state index < -0.39 is 5.91 Å². The second-order valence-electron chi connectivity index (χ2n) is 5.91. The number of primary amides is 1. The van der Waals surface area contributed by atoms with E-state index in [0.717, 1.165) is 11.1 Å². The number of rotatable bonds is 2. The van der Waals surface area contributed by atoms with Crippen LogP contribution in [0.4, 0.5) is 0 Å². The quantitative estimate of drug-likeness (QED) is 0.911. The van der Waals surface area contributed by atoms with Crippen molar-refractivity contribution < 1.29 is 4.79 Å². The molecular formula is C16H19N3O. The van der Waals surface area contributed by atoms with E-state index in [-0.39, 0.29) is 11.2 Å². The molecule has 1 aromatic heterocycles. The summed E-state index contributed by atoms with van der Waals surface area (Å²) in [6.45, 7) is 8.57. The van der Waals surface area contributed by atoms with Crippen molar-refractivity contribution in [3.63, 3.8) is 0 Å². The normalized spacial score (nSPS) is 11.4. The Hall–Kier alpha value is -2.23. The topological polar surface area (TPSA) is 68.9 Å². The van der Waals surface area contributed by atoms with Gasteiger partial charge in [-0.2, -0.15) is 0 Å². The molecule has 0 saturated carbocycles. The predicted octanol–water partition coefficient (Wildman–Crippen LogP) is 2.85. The molecule has 0 spiro atoms. The van der Waals surface area contributed by atoms with Crippen molar-refractivity contribution in [1.82, 2.24) is 9.97 Å². The molecule has 1 aromatic carbocycles. The second kappa shape index (κ2) is 5.04. The number of aryl methyl sites for hydroxylation is 1. The fraction of sp³-hybridized carbons (Fsp3) is 0.312. The van der Waals surface area contributed by atoms with Crippen LogP contribution < -0.4 is 5.73 Å². The zero-order valence-corrected chi connectivity index (χ0v) is 12.3. The highest BCUT2D eigenvalue weighted by Gasteiger charge is 2.15. The lowest BCUT2D eigenvalue weighted by atomic mass is 9.85. The van der Waals surface area contributed by atoms with Gasteiger partial charge in [-0.25, -0.2) is 9.97 Å². The largest absolute Gasteiger partial charge is 0.363 e. The Balaban J connectivity index is 2.49. The first-order valence-corrected chi connectivity index (χ1v) is 6.53. The fourth-order valence-electron chi connectivity index (χ4n) is 2.04. The van der Waals surface area contributed by atoms with Gasteiger partial charge in [0.15, 0.2) is 0 Å². The molecule has 4 nitrogen and oxygen atoms in total. The highest BCUT2D eigenvalue weighted by molar-refractivity contribution is 5.89. The van der Waals surface area contributed by atoms with Gasteiger partial charge in [-0.15, -0.1) is 0 Å². The summed E-state index contributed by atoms with van der Waals surface area (Å²) in [5, 5.41) is 0. The summed E-state index contributed by atoms with van der Waals surface area (Å²) in [5.74, 6) is -0.572. The highest BCUT2D eigenvalue weighted by Crippen LogP contribution is 2.28. The number of aromatic nitrogens is 2. The van der Waals surface area contributed by atoms with Crippen LogP contribution in [0, 0.1) is 6.92 Å². The number of benzene rings is 1. The van der Waals surface area contributed by atoms with Gasteiger partial charge >= 0.3 is 0 Å².